The van der Waals surface area contributed by atoms with Gasteiger partial charge in [0.05, 0.1) is 12.1 Å². The van der Waals surface area contributed by atoms with Gasteiger partial charge in [-0.2, -0.15) is 0 Å². The van der Waals surface area contributed by atoms with Crippen molar-refractivity contribution in [1.29, 1.82) is 0 Å². The van der Waals surface area contributed by atoms with E-state index in [4.69, 9.17) is 0 Å². The van der Waals surface area contributed by atoms with Crippen LogP contribution in [0, 0.1) is 0 Å². The highest BCUT2D eigenvalue weighted by Crippen LogP contribution is 2.22. The monoisotopic (exact) mass is 153 g/mol. The van der Waals surface area contributed by atoms with E-state index in [9.17, 15) is 9.90 Å². The molecule has 0 aromatic rings. The topological polar surface area (TPSA) is 40.5 Å². The molecule has 11 heavy (non-hydrogen) atoms. The molecule has 0 saturated carbocycles. The van der Waals surface area contributed by atoms with E-state index in [1.165, 1.54) is 0 Å². The Labute approximate surface area is 65.3 Å². The second-order valence-corrected chi connectivity index (χ2v) is 3.14. The van der Waals surface area contributed by atoms with Crippen LogP contribution in [0.3, 0.4) is 0 Å². The first-order valence-electron chi connectivity index (χ1n) is 3.94. The molecule has 3 nitrogen and oxygen atoms in total. The van der Waals surface area contributed by atoms with Gasteiger partial charge in [0.15, 0.2) is 0 Å². The van der Waals surface area contributed by atoms with E-state index in [0.29, 0.717) is 13.0 Å². The first-order chi connectivity index (χ1) is 5.27. The van der Waals surface area contributed by atoms with Crippen molar-refractivity contribution in [3.63, 3.8) is 0 Å². The average Bonchev–Trinajstić information content (AvgIpc) is 2.32. The Morgan fingerprint density at radius 3 is 3.27 bits per heavy atom. The molecule has 0 spiro atoms. The maximum Gasteiger partial charge on any atom is 0.246 e. The fraction of sp³-hybridized carbons (Fsp3) is 0.625. The number of rotatable bonds is 0. The Bertz CT molecular complexity index is 212. The lowest BCUT2D eigenvalue weighted by molar-refractivity contribution is -0.128. The maximum atomic E-state index is 11.1. The molecule has 2 heterocycles. The highest BCUT2D eigenvalue weighted by molar-refractivity contribution is 5.90. The number of amides is 1. The minimum Gasteiger partial charge on any atom is -0.393 e. The Morgan fingerprint density at radius 2 is 2.45 bits per heavy atom. The van der Waals surface area contributed by atoms with Crippen molar-refractivity contribution in [2.45, 2.75) is 25.0 Å². The maximum absolute atomic E-state index is 11.1. The quantitative estimate of drug-likeness (QED) is 0.528. The zero-order chi connectivity index (χ0) is 7.84. The Morgan fingerprint density at radius 1 is 1.64 bits per heavy atom. The van der Waals surface area contributed by atoms with Crippen molar-refractivity contribution in [1.82, 2.24) is 4.90 Å². The van der Waals surface area contributed by atoms with Crippen LogP contribution >= 0.6 is 0 Å². The lowest BCUT2D eigenvalue weighted by atomic mass is 10.0. The number of fused-ring (bicyclic) bond motifs is 1. The molecule has 2 atom stereocenters. The van der Waals surface area contributed by atoms with Gasteiger partial charge in [0.2, 0.25) is 5.91 Å². The minimum absolute atomic E-state index is 0.0990. The molecule has 2 unspecified atom stereocenters. The summed E-state index contributed by atoms with van der Waals surface area (Å²) in [5, 5.41) is 9.27. The van der Waals surface area contributed by atoms with Crippen LogP contribution in [0.15, 0.2) is 12.2 Å². The zero-order valence-electron chi connectivity index (χ0n) is 6.23. The number of nitrogens with zero attached hydrogens (tertiary/aromatic N) is 1. The second-order valence-electron chi connectivity index (χ2n) is 3.14. The van der Waals surface area contributed by atoms with Crippen LogP contribution in [0.2, 0.25) is 0 Å². The molecule has 0 aromatic carbocycles. The highest BCUT2D eigenvalue weighted by atomic mass is 16.3. The largest absolute Gasteiger partial charge is 0.393 e. The number of aliphatic hydroxyl groups excluding tert-OH is 1. The molecule has 0 aromatic heterocycles. The Hall–Kier alpha value is -0.830. The molecule has 3 heteroatoms. The summed E-state index contributed by atoms with van der Waals surface area (Å²) in [7, 11) is 0. The molecule has 2 aliphatic heterocycles. The van der Waals surface area contributed by atoms with E-state index in [2.05, 4.69) is 0 Å². The summed E-state index contributed by atoms with van der Waals surface area (Å²) in [5.74, 6) is 0.0990. The number of carbonyl (C=O) groups excluding carboxylic acids is 1. The third-order valence-electron chi connectivity index (χ3n) is 2.36. The summed E-state index contributed by atoms with van der Waals surface area (Å²) in [6, 6.07) is 0.172. The smallest absolute Gasteiger partial charge is 0.246 e. The van der Waals surface area contributed by atoms with Gasteiger partial charge in [-0.3, -0.25) is 4.79 Å². The predicted octanol–water partition coefficient (Wildman–Crippen LogP) is -0.0919. The summed E-state index contributed by atoms with van der Waals surface area (Å²) in [5.41, 5.74) is 0. The summed E-state index contributed by atoms with van der Waals surface area (Å²) >= 11 is 0. The van der Waals surface area contributed by atoms with Gasteiger partial charge in [-0.1, -0.05) is 6.08 Å². The molecular formula is C8H11NO2. The lowest BCUT2D eigenvalue weighted by Gasteiger charge is -2.32. The van der Waals surface area contributed by atoms with Crippen LogP contribution in [0.1, 0.15) is 12.8 Å². The van der Waals surface area contributed by atoms with Crippen LogP contribution in [-0.4, -0.2) is 34.6 Å². The van der Waals surface area contributed by atoms with Gasteiger partial charge in [-0.25, -0.2) is 0 Å². The normalized spacial score (nSPS) is 36.1. The first kappa shape index (κ1) is 6.85. The summed E-state index contributed by atoms with van der Waals surface area (Å²) in [6.45, 7) is 0.706. The van der Waals surface area contributed by atoms with Crippen LogP contribution in [0.5, 0.6) is 0 Å². The Kier molecular flexibility index (Phi) is 1.46. The van der Waals surface area contributed by atoms with Crippen molar-refractivity contribution < 1.29 is 9.90 Å². The molecule has 60 valence electrons. The van der Waals surface area contributed by atoms with Gasteiger partial charge in [0, 0.05) is 12.6 Å². The number of hydrogen-bond acceptors (Lipinski definition) is 2. The summed E-state index contributed by atoms with van der Waals surface area (Å²) in [4.78, 5) is 12.9. The highest BCUT2D eigenvalue weighted by Gasteiger charge is 2.31. The van der Waals surface area contributed by atoms with Crippen LogP contribution < -0.4 is 0 Å². The third-order valence-corrected chi connectivity index (χ3v) is 2.36. The predicted molar refractivity (Wildman–Crippen MR) is 39.9 cm³/mol. The fourth-order valence-corrected chi connectivity index (χ4v) is 1.72. The molecule has 1 amide bonds. The molecular weight excluding hydrogens is 142 g/mol. The third kappa shape index (κ3) is 1.05. The van der Waals surface area contributed by atoms with Crippen LogP contribution in [-0.2, 0) is 4.79 Å². The summed E-state index contributed by atoms with van der Waals surface area (Å²) in [6.07, 6.45) is 4.70. The van der Waals surface area contributed by atoms with E-state index in [-0.39, 0.29) is 18.1 Å². The van der Waals surface area contributed by atoms with Crippen molar-refractivity contribution in [3.05, 3.63) is 12.2 Å². The van der Waals surface area contributed by atoms with Gasteiger partial charge in [0.25, 0.3) is 0 Å². The van der Waals surface area contributed by atoms with Gasteiger partial charge in [-0.15, -0.1) is 0 Å². The van der Waals surface area contributed by atoms with Gasteiger partial charge < -0.3 is 10.0 Å². The molecule has 0 bridgehead atoms. The molecule has 2 rings (SSSR count). The van der Waals surface area contributed by atoms with Crippen molar-refractivity contribution >= 4 is 5.91 Å². The van der Waals surface area contributed by atoms with E-state index < -0.39 is 0 Å². The molecule has 1 fully saturated rings. The SMILES string of the molecule is O=C1C=CC2CC(O)CCN12. The summed E-state index contributed by atoms with van der Waals surface area (Å²) < 4.78 is 0. The van der Waals surface area contributed by atoms with E-state index in [0.717, 1.165) is 6.42 Å². The van der Waals surface area contributed by atoms with Crippen molar-refractivity contribution in [2.24, 2.45) is 0 Å². The molecule has 1 N–H and O–H groups in total. The van der Waals surface area contributed by atoms with Crippen molar-refractivity contribution in [2.75, 3.05) is 6.54 Å². The number of hydrogen-bond donors (Lipinski definition) is 1. The standard InChI is InChI=1S/C8H11NO2/c10-7-3-4-9-6(5-7)1-2-8(9)11/h1-2,6-7,10H,3-5H2. The molecule has 0 radical (unpaired) electrons. The zero-order valence-corrected chi connectivity index (χ0v) is 6.23. The van der Waals surface area contributed by atoms with Crippen molar-refractivity contribution in [3.8, 4) is 0 Å². The molecule has 0 aliphatic carbocycles. The van der Waals surface area contributed by atoms with Gasteiger partial charge >= 0.3 is 0 Å². The number of piperidine rings is 1. The molecule has 2 aliphatic rings. The Balaban J connectivity index is 2.11. The molecule has 1 saturated heterocycles. The van der Waals surface area contributed by atoms with Crippen LogP contribution in [0.25, 0.3) is 0 Å². The number of carbonyl (C=O) groups is 1. The van der Waals surface area contributed by atoms with Gasteiger partial charge in [0.1, 0.15) is 0 Å². The van der Waals surface area contributed by atoms with E-state index >= 15 is 0 Å². The first-order valence-corrected chi connectivity index (χ1v) is 3.94. The second kappa shape index (κ2) is 2.34. The average molecular weight is 153 g/mol. The van der Waals surface area contributed by atoms with Crippen LogP contribution in [0.4, 0.5) is 0 Å². The lowest BCUT2D eigenvalue weighted by Crippen LogP contribution is -2.42. The minimum atomic E-state index is -0.216. The fourth-order valence-electron chi connectivity index (χ4n) is 1.72. The number of aliphatic hydroxyl groups is 1. The van der Waals surface area contributed by atoms with E-state index in [1.807, 2.05) is 11.0 Å². The van der Waals surface area contributed by atoms with E-state index in [1.54, 1.807) is 6.08 Å². The van der Waals surface area contributed by atoms with Gasteiger partial charge in [-0.05, 0) is 12.8 Å².